The number of rotatable bonds is 2. The van der Waals surface area contributed by atoms with Crippen LogP contribution in [0.15, 0.2) is 24.3 Å². The van der Waals surface area contributed by atoms with Crippen LogP contribution < -0.4 is 0 Å². The highest BCUT2D eigenvalue weighted by atomic mass is 35.5. The third-order valence-electron chi connectivity index (χ3n) is 3.40. The summed E-state index contributed by atoms with van der Waals surface area (Å²) in [6, 6.07) is 7.49. The molecule has 1 aliphatic heterocycles. The Morgan fingerprint density at radius 2 is 1.93 bits per heavy atom. The van der Waals surface area contributed by atoms with Crippen LogP contribution in [-0.4, -0.2) is 17.8 Å². The maximum Gasteiger partial charge on any atom is 0.121 e. The van der Waals surface area contributed by atoms with Gasteiger partial charge in [0.1, 0.15) is 5.60 Å². The maximum absolute atomic E-state index is 9.49. The fourth-order valence-electron chi connectivity index (χ4n) is 2.18. The van der Waals surface area contributed by atoms with Gasteiger partial charge in [-0.25, -0.2) is 0 Å². The minimum absolute atomic E-state index is 0.0140. The summed E-state index contributed by atoms with van der Waals surface area (Å²) < 4.78 is 5.72. The summed E-state index contributed by atoms with van der Waals surface area (Å²) in [5, 5.41) is 10.2. The molecule has 15 heavy (non-hydrogen) atoms. The number of hydrogen-bond acceptors (Lipinski definition) is 2. The largest absolute Gasteiger partial charge is 0.393 e. The second-order valence-corrected chi connectivity index (χ2v) is 4.60. The average Bonchev–Trinajstić information content (AvgIpc) is 2.26. The predicted octanol–water partition coefficient (Wildman–Crippen LogP) is 2.58. The molecule has 1 saturated heterocycles. The van der Waals surface area contributed by atoms with Crippen molar-refractivity contribution in [3.05, 3.63) is 34.9 Å². The molecule has 1 aromatic carbocycles. The Kier molecular flexibility index (Phi) is 2.75. The van der Waals surface area contributed by atoms with Gasteiger partial charge in [0.05, 0.1) is 12.7 Å². The molecule has 2 nitrogen and oxygen atoms in total. The zero-order valence-electron chi connectivity index (χ0n) is 8.90. The first kappa shape index (κ1) is 10.9. The standard InChI is InChI=1S/C12H15ClO2/c1-8-9(2)15-12(8,7-14)10-3-5-11(13)6-4-10/h3-6,8-9,14H,7H2,1-2H3/t8-,9+,12+/m0/s1. The first-order valence-corrected chi connectivity index (χ1v) is 5.52. The van der Waals surface area contributed by atoms with Crippen LogP contribution in [0.3, 0.4) is 0 Å². The fraction of sp³-hybridized carbons (Fsp3) is 0.500. The smallest absolute Gasteiger partial charge is 0.121 e. The Morgan fingerprint density at radius 1 is 1.33 bits per heavy atom. The van der Waals surface area contributed by atoms with Crippen molar-refractivity contribution in [2.45, 2.75) is 25.6 Å². The first-order valence-electron chi connectivity index (χ1n) is 5.15. The lowest BCUT2D eigenvalue weighted by Gasteiger charge is -2.52. The molecule has 82 valence electrons. The molecule has 0 saturated carbocycles. The normalized spacial score (nSPS) is 34.9. The van der Waals surface area contributed by atoms with Crippen molar-refractivity contribution in [3.63, 3.8) is 0 Å². The number of hydrogen-bond donors (Lipinski definition) is 1. The monoisotopic (exact) mass is 226 g/mol. The van der Waals surface area contributed by atoms with E-state index in [-0.39, 0.29) is 12.7 Å². The summed E-state index contributed by atoms with van der Waals surface area (Å²) in [4.78, 5) is 0. The number of aliphatic hydroxyl groups excluding tert-OH is 1. The van der Waals surface area contributed by atoms with Crippen LogP contribution in [0.5, 0.6) is 0 Å². The first-order chi connectivity index (χ1) is 7.10. The SMILES string of the molecule is C[C@H]1O[C@@](CO)(c2ccc(Cl)cc2)[C@H]1C. The Bertz CT molecular complexity index is 349. The van der Waals surface area contributed by atoms with E-state index in [0.29, 0.717) is 10.9 Å². The summed E-state index contributed by atoms with van der Waals surface area (Å²) in [7, 11) is 0. The van der Waals surface area contributed by atoms with Gasteiger partial charge in [-0.15, -0.1) is 0 Å². The Hall–Kier alpha value is -0.570. The van der Waals surface area contributed by atoms with Crippen LogP contribution >= 0.6 is 11.6 Å². The van der Waals surface area contributed by atoms with Gasteiger partial charge >= 0.3 is 0 Å². The van der Waals surface area contributed by atoms with Crippen molar-refractivity contribution >= 4 is 11.6 Å². The van der Waals surface area contributed by atoms with E-state index in [1.165, 1.54) is 0 Å². The zero-order chi connectivity index (χ0) is 11.1. The summed E-state index contributed by atoms with van der Waals surface area (Å²) in [6.07, 6.45) is 0.202. The fourth-order valence-corrected chi connectivity index (χ4v) is 2.31. The van der Waals surface area contributed by atoms with Crippen molar-refractivity contribution < 1.29 is 9.84 Å². The van der Waals surface area contributed by atoms with E-state index in [0.717, 1.165) is 5.56 Å². The molecule has 0 spiro atoms. The lowest BCUT2D eigenvalue weighted by Crippen LogP contribution is -2.57. The van der Waals surface area contributed by atoms with Crippen molar-refractivity contribution in [1.82, 2.24) is 0 Å². The molecular formula is C12H15ClO2. The second kappa shape index (κ2) is 3.78. The highest BCUT2D eigenvalue weighted by Gasteiger charge is 2.51. The molecule has 1 fully saturated rings. The maximum atomic E-state index is 9.49. The lowest BCUT2D eigenvalue weighted by atomic mass is 9.74. The third-order valence-corrected chi connectivity index (χ3v) is 3.66. The summed E-state index contributed by atoms with van der Waals surface area (Å²) in [5.74, 6) is 0.323. The Morgan fingerprint density at radius 3 is 2.33 bits per heavy atom. The second-order valence-electron chi connectivity index (χ2n) is 4.17. The molecule has 0 amide bonds. The van der Waals surface area contributed by atoms with E-state index in [9.17, 15) is 5.11 Å². The van der Waals surface area contributed by atoms with Gasteiger partial charge in [-0.3, -0.25) is 0 Å². The number of benzene rings is 1. The zero-order valence-corrected chi connectivity index (χ0v) is 9.66. The van der Waals surface area contributed by atoms with Gasteiger partial charge in [0, 0.05) is 10.9 Å². The Balaban J connectivity index is 2.32. The van der Waals surface area contributed by atoms with Gasteiger partial charge in [-0.2, -0.15) is 0 Å². The highest BCUT2D eigenvalue weighted by Crippen LogP contribution is 2.46. The molecule has 0 aromatic heterocycles. The quantitative estimate of drug-likeness (QED) is 0.840. The van der Waals surface area contributed by atoms with Crippen molar-refractivity contribution in [2.24, 2.45) is 5.92 Å². The van der Waals surface area contributed by atoms with Crippen LogP contribution in [0.25, 0.3) is 0 Å². The topological polar surface area (TPSA) is 29.5 Å². The van der Waals surface area contributed by atoms with Gasteiger partial charge in [-0.1, -0.05) is 30.7 Å². The van der Waals surface area contributed by atoms with Crippen LogP contribution in [0.1, 0.15) is 19.4 Å². The molecule has 1 aliphatic rings. The van der Waals surface area contributed by atoms with Gasteiger partial charge < -0.3 is 9.84 Å². The van der Waals surface area contributed by atoms with Crippen molar-refractivity contribution in [1.29, 1.82) is 0 Å². The van der Waals surface area contributed by atoms with Crippen LogP contribution in [0.2, 0.25) is 5.02 Å². The number of halogens is 1. The van der Waals surface area contributed by atoms with E-state index in [4.69, 9.17) is 16.3 Å². The average molecular weight is 227 g/mol. The number of ether oxygens (including phenoxy) is 1. The predicted molar refractivity (Wildman–Crippen MR) is 59.9 cm³/mol. The molecule has 1 aromatic rings. The van der Waals surface area contributed by atoms with E-state index >= 15 is 0 Å². The van der Waals surface area contributed by atoms with E-state index in [2.05, 4.69) is 6.92 Å². The van der Waals surface area contributed by atoms with Crippen LogP contribution in [0, 0.1) is 5.92 Å². The third kappa shape index (κ3) is 1.57. The number of aliphatic hydroxyl groups is 1. The molecule has 0 aliphatic carbocycles. The highest BCUT2D eigenvalue weighted by molar-refractivity contribution is 6.30. The van der Waals surface area contributed by atoms with Gasteiger partial charge in [-0.05, 0) is 24.6 Å². The Labute approximate surface area is 94.8 Å². The van der Waals surface area contributed by atoms with E-state index < -0.39 is 5.60 Å². The summed E-state index contributed by atoms with van der Waals surface area (Å²) in [5.41, 5.74) is 0.476. The lowest BCUT2D eigenvalue weighted by molar-refractivity contribution is -0.270. The summed E-state index contributed by atoms with van der Waals surface area (Å²) >= 11 is 5.83. The molecule has 0 bridgehead atoms. The molecule has 3 heteroatoms. The molecule has 1 N–H and O–H groups in total. The van der Waals surface area contributed by atoms with Gasteiger partial charge in [0.25, 0.3) is 0 Å². The summed E-state index contributed by atoms with van der Waals surface area (Å²) in [6.45, 7) is 4.13. The van der Waals surface area contributed by atoms with Crippen LogP contribution in [0.4, 0.5) is 0 Å². The van der Waals surface area contributed by atoms with Crippen molar-refractivity contribution in [3.8, 4) is 0 Å². The minimum atomic E-state index is -0.524. The molecular weight excluding hydrogens is 212 g/mol. The van der Waals surface area contributed by atoms with Crippen molar-refractivity contribution in [2.75, 3.05) is 6.61 Å². The van der Waals surface area contributed by atoms with E-state index in [1.54, 1.807) is 0 Å². The van der Waals surface area contributed by atoms with Gasteiger partial charge in [0.2, 0.25) is 0 Å². The van der Waals surface area contributed by atoms with E-state index in [1.807, 2.05) is 31.2 Å². The van der Waals surface area contributed by atoms with Gasteiger partial charge in [0.15, 0.2) is 0 Å². The molecule has 3 atom stereocenters. The molecule has 1 heterocycles. The minimum Gasteiger partial charge on any atom is -0.393 e. The molecule has 2 rings (SSSR count). The van der Waals surface area contributed by atoms with Crippen LogP contribution in [-0.2, 0) is 10.3 Å². The molecule has 0 unspecified atom stereocenters. The molecule has 0 radical (unpaired) electrons.